The summed E-state index contributed by atoms with van der Waals surface area (Å²) >= 11 is 1.84. The number of nitrogens with zero attached hydrogens (tertiary/aromatic N) is 1. The Bertz CT molecular complexity index is 862. The molecule has 7 heteroatoms. The van der Waals surface area contributed by atoms with E-state index < -0.39 is 0 Å². The first-order chi connectivity index (χ1) is 14.0. The number of aryl methyl sites for hydroxylation is 2. The van der Waals surface area contributed by atoms with Gasteiger partial charge in [0, 0.05) is 40.9 Å². The second kappa shape index (κ2) is 10.3. The van der Waals surface area contributed by atoms with Gasteiger partial charge < -0.3 is 20.7 Å². The number of guanidine groups is 1. The van der Waals surface area contributed by atoms with Gasteiger partial charge in [-0.2, -0.15) is 0 Å². The quantitative estimate of drug-likeness (QED) is 0.351. The Kier molecular flexibility index (Phi) is 7.52. The summed E-state index contributed by atoms with van der Waals surface area (Å²) < 4.78 is 5.86. The van der Waals surface area contributed by atoms with E-state index in [0.717, 1.165) is 42.3 Å². The van der Waals surface area contributed by atoms with Crippen molar-refractivity contribution in [1.82, 2.24) is 10.6 Å². The van der Waals surface area contributed by atoms with Crippen LogP contribution < -0.4 is 20.7 Å². The van der Waals surface area contributed by atoms with E-state index in [2.05, 4.69) is 53.8 Å². The van der Waals surface area contributed by atoms with Crippen molar-refractivity contribution in [2.24, 2.45) is 4.99 Å². The van der Waals surface area contributed by atoms with Crippen molar-refractivity contribution in [3.8, 4) is 5.75 Å². The van der Waals surface area contributed by atoms with Gasteiger partial charge in [-0.25, -0.2) is 4.99 Å². The third-order valence-electron chi connectivity index (χ3n) is 4.63. The van der Waals surface area contributed by atoms with Crippen molar-refractivity contribution in [2.75, 3.05) is 25.0 Å². The first-order valence-corrected chi connectivity index (χ1v) is 11.0. The lowest BCUT2D eigenvalue weighted by molar-refractivity contribution is -0.116. The maximum Gasteiger partial charge on any atom is 0.224 e. The first kappa shape index (κ1) is 21.2. The van der Waals surface area contributed by atoms with Crippen LogP contribution in [0.5, 0.6) is 5.75 Å². The van der Waals surface area contributed by atoms with Crippen LogP contribution in [-0.2, 0) is 17.6 Å². The molecule has 1 aromatic carbocycles. The summed E-state index contributed by atoms with van der Waals surface area (Å²) in [4.78, 5) is 18.8. The fraction of sp³-hybridized carbons (Fsp3) is 0.455. The highest BCUT2D eigenvalue weighted by molar-refractivity contribution is 7.11. The number of hydrogen-bond donors (Lipinski definition) is 3. The molecule has 1 atom stereocenters. The summed E-state index contributed by atoms with van der Waals surface area (Å²) in [5, 5.41) is 9.65. The number of aliphatic imine (C=N–C) groups is 1. The number of rotatable bonds is 8. The molecule has 0 aliphatic carbocycles. The van der Waals surface area contributed by atoms with Gasteiger partial charge in [0.05, 0.1) is 6.54 Å². The van der Waals surface area contributed by atoms with Crippen LogP contribution in [-0.4, -0.2) is 37.6 Å². The summed E-state index contributed by atoms with van der Waals surface area (Å²) in [5.41, 5.74) is 2.01. The van der Waals surface area contributed by atoms with E-state index in [1.165, 1.54) is 9.75 Å². The number of thiophene rings is 1. The van der Waals surface area contributed by atoms with Gasteiger partial charge in [0.25, 0.3) is 0 Å². The lowest BCUT2D eigenvalue weighted by atomic mass is 10.0. The number of carbonyl (C=O) groups is 1. The molecule has 0 bridgehead atoms. The van der Waals surface area contributed by atoms with Gasteiger partial charge in [0.15, 0.2) is 5.96 Å². The molecule has 3 rings (SSSR count). The van der Waals surface area contributed by atoms with Crippen LogP contribution in [0, 0.1) is 6.92 Å². The number of nitrogens with one attached hydrogen (secondary N) is 3. The molecule has 156 valence electrons. The average molecular weight is 415 g/mol. The third kappa shape index (κ3) is 6.49. The Morgan fingerprint density at radius 3 is 2.93 bits per heavy atom. The topological polar surface area (TPSA) is 74.8 Å². The maximum absolute atomic E-state index is 11.5. The summed E-state index contributed by atoms with van der Waals surface area (Å²) in [7, 11) is 0. The molecule has 2 heterocycles. The van der Waals surface area contributed by atoms with Crippen LogP contribution in [0.2, 0.25) is 0 Å². The Balaban J connectivity index is 1.48. The normalized spacial score (nSPS) is 14.7. The van der Waals surface area contributed by atoms with Crippen LogP contribution in [0.15, 0.2) is 35.3 Å². The predicted octanol–water partition coefficient (Wildman–Crippen LogP) is 3.51. The van der Waals surface area contributed by atoms with Gasteiger partial charge in [-0.15, -0.1) is 11.3 Å². The van der Waals surface area contributed by atoms with Crippen molar-refractivity contribution in [1.29, 1.82) is 0 Å². The first-order valence-electron chi connectivity index (χ1n) is 10.2. The molecular formula is C22H30N4O2S. The summed E-state index contributed by atoms with van der Waals surface area (Å²) in [5.74, 6) is 1.70. The number of anilines is 1. The van der Waals surface area contributed by atoms with Crippen molar-refractivity contribution in [3.63, 3.8) is 0 Å². The zero-order chi connectivity index (χ0) is 20.6. The van der Waals surface area contributed by atoms with Gasteiger partial charge in [0.1, 0.15) is 12.4 Å². The van der Waals surface area contributed by atoms with Gasteiger partial charge in [-0.1, -0.05) is 0 Å². The van der Waals surface area contributed by atoms with E-state index in [0.29, 0.717) is 25.6 Å². The lowest BCUT2D eigenvalue weighted by Gasteiger charge is -2.18. The van der Waals surface area contributed by atoms with Crippen molar-refractivity contribution < 1.29 is 9.53 Å². The third-order valence-corrected chi connectivity index (χ3v) is 5.66. The minimum absolute atomic E-state index is 0.0763. The highest BCUT2D eigenvalue weighted by Crippen LogP contribution is 2.26. The molecule has 0 spiro atoms. The fourth-order valence-electron chi connectivity index (χ4n) is 3.27. The smallest absolute Gasteiger partial charge is 0.224 e. The number of carbonyl (C=O) groups excluding carboxylic acids is 1. The molecule has 1 aliphatic rings. The van der Waals surface area contributed by atoms with E-state index in [9.17, 15) is 4.79 Å². The van der Waals surface area contributed by atoms with Gasteiger partial charge >= 0.3 is 0 Å². The molecule has 0 radical (unpaired) electrons. The molecule has 1 aromatic heterocycles. The maximum atomic E-state index is 11.5. The van der Waals surface area contributed by atoms with E-state index in [-0.39, 0.29) is 5.91 Å². The van der Waals surface area contributed by atoms with Crippen LogP contribution in [0.1, 0.15) is 35.6 Å². The van der Waals surface area contributed by atoms with Crippen molar-refractivity contribution >= 4 is 28.9 Å². The van der Waals surface area contributed by atoms with Crippen LogP contribution in [0.3, 0.4) is 0 Å². The van der Waals surface area contributed by atoms with Gasteiger partial charge in [0.2, 0.25) is 5.91 Å². The minimum Gasteiger partial charge on any atom is -0.492 e. The second-order valence-corrected chi connectivity index (χ2v) is 8.61. The Morgan fingerprint density at radius 2 is 2.17 bits per heavy atom. The fourth-order valence-corrected chi connectivity index (χ4v) is 4.29. The Hall–Kier alpha value is -2.54. The van der Waals surface area contributed by atoms with Crippen LogP contribution in [0.4, 0.5) is 5.69 Å². The molecule has 1 amide bonds. The largest absolute Gasteiger partial charge is 0.492 e. The van der Waals surface area contributed by atoms with Gasteiger partial charge in [-0.3, -0.25) is 4.79 Å². The molecule has 3 N–H and O–H groups in total. The average Bonchev–Trinajstić information content (AvgIpc) is 3.09. The highest BCUT2D eigenvalue weighted by Gasteiger charge is 2.15. The molecular weight excluding hydrogens is 384 g/mol. The SMILES string of the molecule is CCNC(=NCCOc1ccc2c(c1)CCC(=O)N2)NC(C)Cc1ccc(C)s1. The predicted molar refractivity (Wildman–Crippen MR) is 120 cm³/mol. The summed E-state index contributed by atoms with van der Waals surface area (Å²) in [6, 6.07) is 10.5. The molecule has 29 heavy (non-hydrogen) atoms. The van der Waals surface area contributed by atoms with E-state index in [4.69, 9.17) is 4.74 Å². The highest BCUT2D eigenvalue weighted by atomic mass is 32.1. The van der Waals surface area contributed by atoms with E-state index in [1.54, 1.807) is 0 Å². The van der Waals surface area contributed by atoms with E-state index in [1.807, 2.05) is 29.5 Å². The molecule has 2 aromatic rings. The van der Waals surface area contributed by atoms with Crippen LogP contribution >= 0.6 is 11.3 Å². The number of benzene rings is 1. The minimum atomic E-state index is 0.0763. The summed E-state index contributed by atoms with van der Waals surface area (Å²) in [6.45, 7) is 8.25. The van der Waals surface area contributed by atoms with E-state index >= 15 is 0 Å². The van der Waals surface area contributed by atoms with Crippen LogP contribution in [0.25, 0.3) is 0 Å². The Morgan fingerprint density at radius 1 is 1.31 bits per heavy atom. The standard InChI is InChI=1S/C22H30N4O2S/c1-4-23-22(25-15(2)13-19-8-5-16(3)29-19)24-11-12-28-18-7-9-20-17(14-18)6-10-21(27)26-20/h5,7-9,14-15H,4,6,10-13H2,1-3H3,(H,26,27)(H2,23,24,25). The monoisotopic (exact) mass is 414 g/mol. The number of amides is 1. The van der Waals surface area contributed by atoms with Crippen molar-refractivity contribution in [3.05, 3.63) is 45.6 Å². The molecule has 1 unspecified atom stereocenters. The molecule has 0 fully saturated rings. The summed E-state index contributed by atoms with van der Waals surface area (Å²) in [6.07, 6.45) is 2.26. The molecule has 0 saturated carbocycles. The molecule has 6 nitrogen and oxygen atoms in total. The zero-order valence-electron chi connectivity index (χ0n) is 17.4. The molecule has 1 aliphatic heterocycles. The zero-order valence-corrected chi connectivity index (χ0v) is 18.2. The second-order valence-electron chi connectivity index (χ2n) is 7.24. The molecule has 0 saturated heterocycles. The van der Waals surface area contributed by atoms with Gasteiger partial charge in [-0.05, 0) is 63.1 Å². The lowest BCUT2D eigenvalue weighted by Crippen LogP contribution is -2.43. The van der Waals surface area contributed by atoms with Crippen molar-refractivity contribution in [2.45, 2.75) is 46.1 Å². The number of hydrogen-bond acceptors (Lipinski definition) is 4. The number of fused-ring (bicyclic) bond motifs is 1. The Labute approximate surface area is 176 Å². The number of ether oxygens (including phenoxy) is 1.